The molecule has 0 aliphatic rings. The molecule has 0 aliphatic carbocycles. The molecule has 2 aromatic carbocycles. The van der Waals surface area contributed by atoms with Crippen LogP contribution in [0.25, 0.3) is 10.6 Å². The molecule has 0 unspecified atom stereocenters. The minimum Gasteiger partial charge on any atom is -0.497 e. The monoisotopic (exact) mass is 352 g/mol. The summed E-state index contributed by atoms with van der Waals surface area (Å²) in [6.45, 7) is 4.21. The Morgan fingerprint density at radius 3 is 2.52 bits per heavy atom. The van der Waals surface area contributed by atoms with E-state index in [1.165, 1.54) is 11.3 Å². The van der Waals surface area contributed by atoms with Gasteiger partial charge >= 0.3 is 0 Å². The lowest BCUT2D eigenvalue weighted by atomic mass is 10.0. The maximum absolute atomic E-state index is 12.5. The number of benzene rings is 2. The van der Waals surface area contributed by atoms with Gasteiger partial charge in [-0.3, -0.25) is 4.79 Å². The van der Waals surface area contributed by atoms with E-state index >= 15 is 0 Å². The fraction of sp³-hybridized carbons (Fsp3) is 0.200. The molecular formula is C20H20N2O2S. The maximum Gasteiger partial charge on any atom is 0.275 e. The van der Waals surface area contributed by atoms with Gasteiger partial charge in [0.25, 0.3) is 5.91 Å². The second-order valence-electron chi connectivity index (χ2n) is 5.96. The number of amides is 1. The summed E-state index contributed by atoms with van der Waals surface area (Å²) >= 11 is 1.45. The minimum atomic E-state index is -0.191. The lowest BCUT2D eigenvalue weighted by Crippen LogP contribution is -2.14. The van der Waals surface area contributed by atoms with E-state index in [1.807, 2.05) is 48.5 Å². The molecule has 1 heterocycles. The number of anilines is 1. The van der Waals surface area contributed by atoms with Gasteiger partial charge in [-0.05, 0) is 41.8 Å². The molecular weight excluding hydrogens is 332 g/mol. The molecule has 0 fully saturated rings. The van der Waals surface area contributed by atoms with E-state index in [-0.39, 0.29) is 5.91 Å². The summed E-state index contributed by atoms with van der Waals surface area (Å²) in [6, 6.07) is 15.5. The van der Waals surface area contributed by atoms with Gasteiger partial charge in [0.05, 0.1) is 7.11 Å². The SMILES string of the molecule is COc1ccc(-c2nc(C(=O)Nc3ccccc3C(C)C)cs2)cc1. The number of methoxy groups -OCH3 is 1. The topological polar surface area (TPSA) is 51.2 Å². The van der Waals surface area contributed by atoms with Crippen LogP contribution in [0.15, 0.2) is 53.9 Å². The van der Waals surface area contributed by atoms with Crippen molar-refractivity contribution in [2.75, 3.05) is 12.4 Å². The van der Waals surface area contributed by atoms with Crippen LogP contribution in [0, 0.1) is 0 Å². The first-order valence-corrected chi connectivity index (χ1v) is 8.96. The number of ether oxygens (including phenoxy) is 1. The number of carbonyl (C=O) groups excluding carboxylic acids is 1. The summed E-state index contributed by atoms with van der Waals surface area (Å²) in [5.74, 6) is 0.939. The number of rotatable bonds is 5. The highest BCUT2D eigenvalue weighted by atomic mass is 32.1. The highest BCUT2D eigenvalue weighted by Crippen LogP contribution is 2.27. The van der Waals surface area contributed by atoms with Crippen LogP contribution < -0.4 is 10.1 Å². The number of carbonyl (C=O) groups is 1. The summed E-state index contributed by atoms with van der Waals surface area (Å²) in [4.78, 5) is 17.0. The number of nitrogens with zero attached hydrogens (tertiary/aromatic N) is 1. The minimum absolute atomic E-state index is 0.191. The average molecular weight is 352 g/mol. The number of thiazole rings is 1. The molecule has 25 heavy (non-hydrogen) atoms. The van der Waals surface area contributed by atoms with Crippen molar-refractivity contribution < 1.29 is 9.53 Å². The number of hydrogen-bond donors (Lipinski definition) is 1. The number of hydrogen-bond acceptors (Lipinski definition) is 4. The summed E-state index contributed by atoms with van der Waals surface area (Å²) in [6.07, 6.45) is 0. The average Bonchev–Trinajstić information content (AvgIpc) is 3.12. The number of aromatic nitrogens is 1. The molecule has 0 atom stereocenters. The van der Waals surface area contributed by atoms with Crippen molar-refractivity contribution in [2.24, 2.45) is 0 Å². The zero-order valence-corrected chi connectivity index (χ0v) is 15.3. The Labute approximate surface area is 151 Å². The van der Waals surface area contributed by atoms with Crippen LogP contribution in [0.5, 0.6) is 5.75 Å². The van der Waals surface area contributed by atoms with E-state index in [0.717, 1.165) is 27.6 Å². The molecule has 3 rings (SSSR count). The molecule has 128 valence electrons. The first kappa shape index (κ1) is 17.2. The molecule has 4 nitrogen and oxygen atoms in total. The van der Waals surface area contributed by atoms with Crippen LogP contribution in [0.1, 0.15) is 35.8 Å². The molecule has 1 amide bonds. The van der Waals surface area contributed by atoms with Gasteiger partial charge in [0.2, 0.25) is 0 Å². The highest BCUT2D eigenvalue weighted by molar-refractivity contribution is 7.13. The molecule has 0 radical (unpaired) electrons. The Balaban J connectivity index is 1.79. The smallest absolute Gasteiger partial charge is 0.275 e. The standard InChI is InChI=1S/C20H20N2O2S/c1-13(2)16-6-4-5-7-17(16)21-19(23)18-12-25-20(22-18)14-8-10-15(24-3)11-9-14/h4-13H,1-3H3,(H,21,23). The van der Waals surface area contributed by atoms with E-state index < -0.39 is 0 Å². The Morgan fingerprint density at radius 1 is 1.12 bits per heavy atom. The first-order valence-electron chi connectivity index (χ1n) is 8.08. The predicted molar refractivity (Wildman–Crippen MR) is 103 cm³/mol. The second-order valence-corrected chi connectivity index (χ2v) is 6.82. The van der Waals surface area contributed by atoms with Crippen LogP contribution in [0.3, 0.4) is 0 Å². The van der Waals surface area contributed by atoms with Crippen LogP contribution in [-0.2, 0) is 0 Å². The summed E-state index contributed by atoms with van der Waals surface area (Å²) in [7, 11) is 1.63. The summed E-state index contributed by atoms with van der Waals surface area (Å²) in [5, 5.41) is 5.57. The summed E-state index contributed by atoms with van der Waals surface area (Å²) in [5.41, 5.74) is 3.34. The van der Waals surface area contributed by atoms with Gasteiger partial charge in [-0.25, -0.2) is 4.98 Å². The van der Waals surface area contributed by atoms with E-state index in [2.05, 4.69) is 24.1 Å². The lowest BCUT2D eigenvalue weighted by molar-refractivity contribution is 0.102. The summed E-state index contributed by atoms with van der Waals surface area (Å²) < 4.78 is 5.16. The van der Waals surface area contributed by atoms with Crippen molar-refractivity contribution in [1.82, 2.24) is 4.98 Å². The van der Waals surface area contributed by atoms with Gasteiger partial charge in [-0.1, -0.05) is 32.0 Å². The molecule has 3 aromatic rings. The van der Waals surface area contributed by atoms with Gasteiger partial charge in [-0.15, -0.1) is 11.3 Å². The van der Waals surface area contributed by atoms with Crippen LogP contribution in [0.2, 0.25) is 0 Å². The number of nitrogens with one attached hydrogen (secondary N) is 1. The molecule has 0 aliphatic heterocycles. The van der Waals surface area contributed by atoms with Crippen molar-refractivity contribution in [3.63, 3.8) is 0 Å². The molecule has 0 bridgehead atoms. The third kappa shape index (κ3) is 3.88. The Kier molecular flexibility index (Phi) is 5.14. The fourth-order valence-corrected chi connectivity index (χ4v) is 3.35. The van der Waals surface area contributed by atoms with Crippen molar-refractivity contribution >= 4 is 22.9 Å². The van der Waals surface area contributed by atoms with Crippen molar-refractivity contribution in [3.8, 4) is 16.3 Å². The molecule has 5 heteroatoms. The Bertz CT molecular complexity index is 869. The largest absolute Gasteiger partial charge is 0.497 e. The molecule has 0 saturated carbocycles. The van der Waals surface area contributed by atoms with Crippen molar-refractivity contribution in [3.05, 3.63) is 65.2 Å². The fourth-order valence-electron chi connectivity index (χ4n) is 2.54. The van der Waals surface area contributed by atoms with Crippen molar-refractivity contribution in [2.45, 2.75) is 19.8 Å². The second kappa shape index (κ2) is 7.49. The van der Waals surface area contributed by atoms with Gasteiger partial charge < -0.3 is 10.1 Å². The van der Waals surface area contributed by atoms with Crippen molar-refractivity contribution in [1.29, 1.82) is 0 Å². The van der Waals surface area contributed by atoms with Gasteiger partial charge in [-0.2, -0.15) is 0 Å². The van der Waals surface area contributed by atoms with Gasteiger partial charge in [0.1, 0.15) is 16.5 Å². The molecule has 0 saturated heterocycles. The van der Waals surface area contributed by atoms with Crippen LogP contribution in [-0.4, -0.2) is 18.0 Å². The Morgan fingerprint density at radius 2 is 1.84 bits per heavy atom. The lowest BCUT2D eigenvalue weighted by Gasteiger charge is -2.12. The zero-order chi connectivity index (χ0) is 17.8. The van der Waals surface area contributed by atoms with E-state index in [9.17, 15) is 4.79 Å². The third-order valence-corrected chi connectivity index (χ3v) is 4.80. The first-order chi connectivity index (χ1) is 12.1. The van der Waals surface area contributed by atoms with Gasteiger partial charge in [0.15, 0.2) is 0 Å². The normalized spacial score (nSPS) is 10.7. The van der Waals surface area contributed by atoms with Gasteiger partial charge in [0, 0.05) is 16.6 Å². The van der Waals surface area contributed by atoms with E-state index in [1.54, 1.807) is 12.5 Å². The van der Waals surface area contributed by atoms with E-state index in [0.29, 0.717) is 11.6 Å². The third-order valence-electron chi connectivity index (χ3n) is 3.90. The highest BCUT2D eigenvalue weighted by Gasteiger charge is 2.14. The zero-order valence-electron chi connectivity index (χ0n) is 14.4. The quantitative estimate of drug-likeness (QED) is 0.687. The van der Waals surface area contributed by atoms with Crippen LogP contribution >= 0.6 is 11.3 Å². The van der Waals surface area contributed by atoms with Crippen LogP contribution in [0.4, 0.5) is 5.69 Å². The predicted octanol–water partition coefficient (Wildman–Crippen LogP) is 5.19. The van der Waals surface area contributed by atoms with E-state index in [4.69, 9.17) is 4.74 Å². The maximum atomic E-state index is 12.5. The molecule has 0 spiro atoms. The molecule has 1 aromatic heterocycles. The molecule has 1 N–H and O–H groups in total. The Hall–Kier alpha value is -2.66. The number of para-hydroxylation sites is 1.